The molecule has 0 saturated carbocycles. The molecule has 1 unspecified atom stereocenters. The Labute approximate surface area is 119 Å². The van der Waals surface area contributed by atoms with E-state index < -0.39 is 0 Å². The molecule has 0 N–H and O–H groups in total. The largest absolute Gasteiger partial charge is 0.371 e. The maximum absolute atomic E-state index is 6.22. The van der Waals surface area contributed by atoms with Crippen LogP contribution in [0.5, 0.6) is 0 Å². The first-order valence-corrected chi connectivity index (χ1v) is 7.42. The summed E-state index contributed by atoms with van der Waals surface area (Å²) in [6.07, 6.45) is 4.27. The third kappa shape index (κ3) is 2.55. The third-order valence-electron chi connectivity index (χ3n) is 4.16. The summed E-state index contributed by atoms with van der Waals surface area (Å²) in [5.74, 6) is 0.658. The van der Waals surface area contributed by atoms with Gasteiger partial charge in [0.1, 0.15) is 0 Å². The normalized spacial score (nSPS) is 18.7. The number of halogens is 1. The van der Waals surface area contributed by atoms with E-state index >= 15 is 0 Å². The molecule has 3 rings (SSSR count). The van der Waals surface area contributed by atoms with E-state index in [9.17, 15) is 0 Å². The fraction of sp³-hybridized carbons (Fsp3) is 0.438. The monoisotopic (exact) mass is 274 g/mol. The molecule has 0 aliphatic carbocycles. The molecule has 2 heterocycles. The second kappa shape index (κ2) is 5.38. The van der Waals surface area contributed by atoms with Crippen molar-refractivity contribution in [3.05, 3.63) is 36.5 Å². The second-order valence-electron chi connectivity index (χ2n) is 5.35. The molecule has 0 spiro atoms. The fourth-order valence-corrected chi connectivity index (χ4v) is 3.21. The quantitative estimate of drug-likeness (QED) is 0.767. The Morgan fingerprint density at radius 1 is 1.21 bits per heavy atom. The van der Waals surface area contributed by atoms with E-state index in [1.54, 1.807) is 0 Å². The van der Waals surface area contributed by atoms with Crippen molar-refractivity contribution in [2.75, 3.05) is 18.0 Å². The van der Waals surface area contributed by atoms with Crippen molar-refractivity contribution in [2.24, 2.45) is 5.92 Å². The van der Waals surface area contributed by atoms with E-state index in [0.29, 0.717) is 5.92 Å². The Bertz CT molecular complexity index is 554. The van der Waals surface area contributed by atoms with Crippen LogP contribution in [-0.2, 0) is 0 Å². The molecule has 0 bridgehead atoms. The minimum Gasteiger partial charge on any atom is -0.371 e. The molecule has 1 saturated heterocycles. The van der Waals surface area contributed by atoms with Gasteiger partial charge in [-0.2, -0.15) is 0 Å². The highest BCUT2D eigenvalue weighted by molar-refractivity contribution is 6.20. The first-order valence-electron chi connectivity index (χ1n) is 6.98. The number of alkyl halides is 1. The molecular formula is C16H19ClN2. The zero-order valence-corrected chi connectivity index (χ0v) is 12.0. The van der Waals surface area contributed by atoms with Gasteiger partial charge in [-0.05, 0) is 37.8 Å². The highest BCUT2D eigenvalue weighted by atomic mass is 35.5. The molecular weight excluding hydrogens is 256 g/mol. The van der Waals surface area contributed by atoms with Crippen molar-refractivity contribution in [3.8, 4) is 0 Å². The average Bonchev–Trinajstić information content (AvgIpc) is 2.47. The van der Waals surface area contributed by atoms with Crippen molar-refractivity contribution in [3.63, 3.8) is 0 Å². The maximum atomic E-state index is 6.22. The number of nitrogens with zero attached hydrogens (tertiary/aromatic N) is 2. The summed E-state index contributed by atoms with van der Waals surface area (Å²) in [5, 5.41) is 1.54. The Morgan fingerprint density at radius 2 is 1.95 bits per heavy atom. The van der Waals surface area contributed by atoms with Gasteiger partial charge in [0.25, 0.3) is 0 Å². The van der Waals surface area contributed by atoms with Crippen molar-refractivity contribution < 1.29 is 0 Å². The van der Waals surface area contributed by atoms with E-state index in [-0.39, 0.29) is 5.38 Å². The minimum absolute atomic E-state index is 0.288. The van der Waals surface area contributed by atoms with Crippen LogP contribution in [0.1, 0.15) is 19.8 Å². The molecule has 100 valence electrons. The number of hydrogen-bond donors (Lipinski definition) is 0. The Hall–Kier alpha value is -1.28. The van der Waals surface area contributed by atoms with E-state index in [1.165, 1.54) is 23.9 Å². The number of aromatic nitrogens is 1. The number of rotatable bonds is 2. The van der Waals surface area contributed by atoms with Crippen LogP contribution in [-0.4, -0.2) is 23.5 Å². The molecule has 3 heteroatoms. The third-order valence-corrected chi connectivity index (χ3v) is 4.51. The van der Waals surface area contributed by atoms with Gasteiger partial charge in [0.15, 0.2) is 0 Å². The van der Waals surface area contributed by atoms with Gasteiger partial charge in [-0.15, -0.1) is 11.6 Å². The van der Waals surface area contributed by atoms with Gasteiger partial charge in [-0.25, -0.2) is 0 Å². The molecule has 1 fully saturated rings. The molecule has 19 heavy (non-hydrogen) atoms. The van der Waals surface area contributed by atoms with Crippen molar-refractivity contribution >= 4 is 28.2 Å². The lowest BCUT2D eigenvalue weighted by molar-refractivity contribution is 0.400. The van der Waals surface area contributed by atoms with Crippen LogP contribution in [0.15, 0.2) is 36.5 Å². The number of benzene rings is 1. The molecule has 1 aromatic carbocycles. The molecule has 2 aromatic rings. The predicted molar refractivity (Wildman–Crippen MR) is 82.0 cm³/mol. The van der Waals surface area contributed by atoms with Gasteiger partial charge in [-0.3, -0.25) is 4.98 Å². The average molecular weight is 275 g/mol. The van der Waals surface area contributed by atoms with E-state index in [0.717, 1.165) is 18.6 Å². The first-order chi connectivity index (χ1) is 9.25. The highest BCUT2D eigenvalue weighted by Crippen LogP contribution is 2.31. The Kier molecular flexibility index (Phi) is 3.61. The number of piperidine rings is 1. The number of anilines is 1. The minimum atomic E-state index is 0.288. The number of para-hydroxylation sites is 1. The van der Waals surface area contributed by atoms with Crippen molar-refractivity contribution in [1.29, 1.82) is 0 Å². The molecule has 0 radical (unpaired) electrons. The Balaban J connectivity index is 1.86. The van der Waals surface area contributed by atoms with Crippen LogP contribution >= 0.6 is 11.6 Å². The summed E-state index contributed by atoms with van der Waals surface area (Å²) in [5.41, 5.74) is 2.39. The van der Waals surface area contributed by atoms with Gasteiger partial charge in [-0.1, -0.05) is 18.2 Å². The molecule has 2 nitrogen and oxygen atoms in total. The SMILES string of the molecule is CC(Cl)C1CCN(c2ccnc3ccccc23)CC1. The van der Waals surface area contributed by atoms with Crippen LogP contribution in [0.2, 0.25) is 0 Å². The van der Waals surface area contributed by atoms with Gasteiger partial charge in [0, 0.05) is 35.7 Å². The van der Waals surface area contributed by atoms with E-state index in [1.807, 2.05) is 12.3 Å². The van der Waals surface area contributed by atoms with Crippen LogP contribution < -0.4 is 4.90 Å². The van der Waals surface area contributed by atoms with Crippen molar-refractivity contribution in [1.82, 2.24) is 4.98 Å². The summed E-state index contributed by atoms with van der Waals surface area (Å²) in [6, 6.07) is 10.5. The molecule has 1 atom stereocenters. The van der Waals surface area contributed by atoms with Crippen LogP contribution in [0.25, 0.3) is 10.9 Å². The van der Waals surface area contributed by atoms with Crippen LogP contribution in [0, 0.1) is 5.92 Å². The van der Waals surface area contributed by atoms with E-state index in [4.69, 9.17) is 11.6 Å². The number of fused-ring (bicyclic) bond motifs is 1. The van der Waals surface area contributed by atoms with Gasteiger partial charge in [0.05, 0.1) is 5.52 Å². The summed E-state index contributed by atoms with van der Waals surface area (Å²) < 4.78 is 0. The van der Waals surface area contributed by atoms with Crippen LogP contribution in [0.4, 0.5) is 5.69 Å². The van der Waals surface area contributed by atoms with E-state index in [2.05, 4.69) is 41.1 Å². The fourth-order valence-electron chi connectivity index (χ4n) is 2.96. The van der Waals surface area contributed by atoms with Crippen molar-refractivity contribution in [2.45, 2.75) is 25.1 Å². The molecule has 1 aliphatic rings. The zero-order valence-electron chi connectivity index (χ0n) is 11.2. The topological polar surface area (TPSA) is 16.1 Å². The predicted octanol–water partition coefficient (Wildman–Crippen LogP) is 4.08. The molecule has 1 aromatic heterocycles. The second-order valence-corrected chi connectivity index (χ2v) is 6.04. The lowest BCUT2D eigenvalue weighted by atomic mass is 9.93. The summed E-state index contributed by atoms with van der Waals surface area (Å²) >= 11 is 6.22. The zero-order chi connectivity index (χ0) is 13.2. The van der Waals surface area contributed by atoms with Gasteiger partial charge >= 0.3 is 0 Å². The van der Waals surface area contributed by atoms with Crippen LogP contribution in [0.3, 0.4) is 0 Å². The first kappa shape index (κ1) is 12.7. The molecule has 0 amide bonds. The summed E-state index contributed by atoms with van der Waals surface area (Å²) in [7, 11) is 0. The smallest absolute Gasteiger partial charge is 0.0722 e. The lowest BCUT2D eigenvalue weighted by Gasteiger charge is -2.35. The lowest BCUT2D eigenvalue weighted by Crippen LogP contribution is -2.36. The Morgan fingerprint density at radius 3 is 2.68 bits per heavy atom. The number of pyridine rings is 1. The number of hydrogen-bond acceptors (Lipinski definition) is 2. The summed E-state index contributed by atoms with van der Waals surface area (Å²) in [6.45, 7) is 4.30. The summed E-state index contributed by atoms with van der Waals surface area (Å²) in [4.78, 5) is 6.90. The standard InChI is InChI=1S/C16H19ClN2/c1-12(17)13-7-10-19(11-8-13)16-6-9-18-15-5-3-2-4-14(15)16/h2-6,9,12-13H,7-8,10-11H2,1H3. The maximum Gasteiger partial charge on any atom is 0.0722 e. The van der Waals surface area contributed by atoms with Gasteiger partial charge in [0.2, 0.25) is 0 Å². The highest BCUT2D eigenvalue weighted by Gasteiger charge is 2.23. The van der Waals surface area contributed by atoms with Gasteiger partial charge < -0.3 is 4.90 Å². The molecule has 1 aliphatic heterocycles.